The van der Waals surface area contributed by atoms with Crippen LogP contribution in [-0.2, 0) is 14.3 Å². The molecule has 7 heteroatoms. The quantitative estimate of drug-likeness (QED) is 0.497. The van der Waals surface area contributed by atoms with Crippen LogP contribution in [0.4, 0.5) is 4.79 Å². The number of rotatable bonds is 11. The van der Waals surface area contributed by atoms with Crippen molar-refractivity contribution >= 4 is 18.0 Å². The molecule has 0 radical (unpaired) electrons. The van der Waals surface area contributed by atoms with Gasteiger partial charge in [0.15, 0.2) is 0 Å². The lowest BCUT2D eigenvalue weighted by Crippen LogP contribution is -2.36. The third kappa shape index (κ3) is 6.12. The molecule has 1 aliphatic rings. The Balaban J connectivity index is 1.39. The second-order valence-corrected chi connectivity index (χ2v) is 8.38. The van der Waals surface area contributed by atoms with Gasteiger partial charge in [-0.05, 0) is 42.0 Å². The number of carbonyl (C=O) groups is 3. The van der Waals surface area contributed by atoms with Gasteiger partial charge in [-0.1, -0.05) is 55.5 Å². The van der Waals surface area contributed by atoms with Gasteiger partial charge >= 0.3 is 12.1 Å². The highest BCUT2D eigenvalue weighted by molar-refractivity contribution is 5.79. The molecule has 1 atom stereocenters. The lowest BCUT2D eigenvalue weighted by molar-refractivity contribution is -0.143. The van der Waals surface area contributed by atoms with E-state index in [1.54, 1.807) is 11.8 Å². The number of carboxylic acid groups (broad SMARTS) is 1. The maximum Gasteiger partial charge on any atom is 0.407 e. The number of nitrogens with one attached hydrogen (secondary N) is 1. The third-order valence-electron chi connectivity index (χ3n) is 6.08. The molecule has 176 valence electrons. The van der Waals surface area contributed by atoms with Gasteiger partial charge in [0.05, 0.1) is 5.92 Å². The van der Waals surface area contributed by atoms with Crippen LogP contribution in [0.3, 0.4) is 0 Å². The number of hydrogen-bond donors (Lipinski definition) is 2. The van der Waals surface area contributed by atoms with Crippen molar-refractivity contribution in [3.05, 3.63) is 59.7 Å². The zero-order valence-corrected chi connectivity index (χ0v) is 19.3. The van der Waals surface area contributed by atoms with Crippen LogP contribution in [0.5, 0.6) is 0 Å². The minimum Gasteiger partial charge on any atom is -0.481 e. The highest BCUT2D eigenvalue weighted by Gasteiger charge is 2.29. The van der Waals surface area contributed by atoms with Crippen LogP contribution < -0.4 is 5.32 Å². The van der Waals surface area contributed by atoms with Crippen molar-refractivity contribution in [2.24, 2.45) is 5.92 Å². The monoisotopic (exact) mass is 452 g/mol. The minimum atomic E-state index is -0.909. The predicted octanol–water partition coefficient (Wildman–Crippen LogP) is 4.26. The largest absolute Gasteiger partial charge is 0.481 e. The van der Waals surface area contributed by atoms with Gasteiger partial charge < -0.3 is 20.1 Å². The summed E-state index contributed by atoms with van der Waals surface area (Å²) in [5.41, 5.74) is 4.71. The van der Waals surface area contributed by atoms with Crippen molar-refractivity contribution in [2.75, 3.05) is 26.2 Å². The van der Waals surface area contributed by atoms with E-state index in [4.69, 9.17) is 9.84 Å². The van der Waals surface area contributed by atoms with Crippen molar-refractivity contribution < 1.29 is 24.2 Å². The summed E-state index contributed by atoms with van der Waals surface area (Å²) in [6.07, 6.45) is 1.11. The van der Waals surface area contributed by atoms with E-state index in [2.05, 4.69) is 29.6 Å². The lowest BCUT2D eigenvalue weighted by atomic mass is 9.98. The molecular formula is C26H32N2O5. The second-order valence-electron chi connectivity index (χ2n) is 8.38. The molecule has 2 aromatic carbocycles. The minimum absolute atomic E-state index is 0.0222. The van der Waals surface area contributed by atoms with Crippen LogP contribution in [0.15, 0.2) is 48.5 Å². The van der Waals surface area contributed by atoms with E-state index in [0.717, 1.165) is 0 Å². The van der Waals surface area contributed by atoms with E-state index < -0.39 is 18.0 Å². The number of nitrogens with zero attached hydrogens (tertiary/aromatic N) is 1. The standard InChI is InChI=1S/C26H32N2O5/c1-3-28(16-18(2)25(30)31)24(29)14-8-9-15-27-26(32)33-17-23-21-12-6-4-10-19(21)20-11-5-7-13-22(20)23/h4-7,10-13,18,23H,3,8-9,14-17H2,1-2H3,(H,27,32)(H,30,31). The first-order valence-electron chi connectivity index (χ1n) is 11.5. The van der Waals surface area contributed by atoms with E-state index in [1.807, 2.05) is 31.2 Å². The Hall–Kier alpha value is -3.35. The Kier molecular flexibility index (Phi) is 8.46. The fourth-order valence-corrected chi connectivity index (χ4v) is 4.22. The van der Waals surface area contributed by atoms with Gasteiger partial charge in [-0.25, -0.2) is 4.79 Å². The number of unbranched alkanes of at least 4 members (excludes halogenated alkanes) is 1. The van der Waals surface area contributed by atoms with Crippen LogP contribution in [0.1, 0.15) is 50.2 Å². The first-order valence-corrected chi connectivity index (χ1v) is 11.5. The average Bonchev–Trinajstić information content (AvgIpc) is 3.14. The lowest BCUT2D eigenvalue weighted by Gasteiger charge is -2.23. The summed E-state index contributed by atoms with van der Waals surface area (Å²) in [6, 6.07) is 16.4. The molecule has 0 aliphatic heterocycles. The Bertz CT molecular complexity index is 945. The Morgan fingerprint density at radius 2 is 1.64 bits per heavy atom. The molecule has 0 saturated carbocycles. The summed E-state index contributed by atoms with van der Waals surface area (Å²) in [5.74, 6) is -1.54. The van der Waals surface area contributed by atoms with E-state index >= 15 is 0 Å². The molecule has 0 fully saturated rings. The molecular weight excluding hydrogens is 420 g/mol. The molecule has 0 heterocycles. The summed E-state index contributed by atoms with van der Waals surface area (Å²) < 4.78 is 5.51. The molecule has 0 saturated heterocycles. The van der Waals surface area contributed by atoms with Crippen LogP contribution in [0, 0.1) is 5.92 Å². The molecule has 2 N–H and O–H groups in total. The highest BCUT2D eigenvalue weighted by Crippen LogP contribution is 2.44. The van der Waals surface area contributed by atoms with E-state index in [1.165, 1.54) is 22.3 Å². The molecule has 2 aromatic rings. The number of ether oxygens (including phenoxy) is 1. The van der Waals surface area contributed by atoms with E-state index in [0.29, 0.717) is 32.4 Å². The van der Waals surface area contributed by atoms with Gasteiger partial charge in [0.1, 0.15) is 6.61 Å². The van der Waals surface area contributed by atoms with Crippen LogP contribution in [0.25, 0.3) is 11.1 Å². The SMILES string of the molecule is CCN(CC(C)C(=O)O)C(=O)CCCCNC(=O)OCC1c2ccccc2-c2ccccc21. The van der Waals surface area contributed by atoms with Crippen LogP contribution >= 0.6 is 0 Å². The normalized spacial score (nSPS) is 13.0. The number of carboxylic acids is 1. The molecule has 1 unspecified atom stereocenters. The summed E-state index contributed by atoms with van der Waals surface area (Å²) >= 11 is 0. The number of fused-ring (bicyclic) bond motifs is 3. The first-order chi connectivity index (χ1) is 15.9. The maximum atomic E-state index is 12.3. The Labute approximate surface area is 194 Å². The van der Waals surface area contributed by atoms with Gasteiger partial charge in [-0.3, -0.25) is 9.59 Å². The summed E-state index contributed by atoms with van der Waals surface area (Å²) in [5, 5.41) is 11.8. The molecule has 0 bridgehead atoms. The Morgan fingerprint density at radius 1 is 1.03 bits per heavy atom. The van der Waals surface area contributed by atoms with Crippen molar-refractivity contribution in [1.82, 2.24) is 10.2 Å². The predicted molar refractivity (Wildman–Crippen MR) is 126 cm³/mol. The van der Waals surface area contributed by atoms with Gasteiger partial charge in [0.25, 0.3) is 0 Å². The van der Waals surface area contributed by atoms with Crippen LogP contribution in [-0.4, -0.2) is 54.2 Å². The Morgan fingerprint density at radius 3 is 2.21 bits per heavy atom. The number of amides is 2. The fraction of sp³-hybridized carbons (Fsp3) is 0.423. The molecule has 7 nitrogen and oxygen atoms in total. The number of hydrogen-bond acceptors (Lipinski definition) is 4. The molecule has 3 rings (SSSR count). The molecule has 0 aromatic heterocycles. The third-order valence-corrected chi connectivity index (χ3v) is 6.08. The average molecular weight is 453 g/mol. The zero-order valence-electron chi connectivity index (χ0n) is 19.3. The number of benzene rings is 2. The second kappa shape index (κ2) is 11.5. The fourth-order valence-electron chi connectivity index (χ4n) is 4.22. The number of carbonyl (C=O) groups excluding carboxylic acids is 2. The highest BCUT2D eigenvalue weighted by atomic mass is 16.5. The van der Waals surface area contributed by atoms with E-state index in [9.17, 15) is 14.4 Å². The molecule has 1 aliphatic carbocycles. The molecule has 2 amide bonds. The zero-order chi connectivity index (χ0) is 23.8. The van der Waals surface area contributed by atoms with Gasteiger partial charge in [-0.15, -0.1) is 0 Å². The number of alkyl carbamates (subject to hydrolysis) is 1. The van der Waals surface area contributed by atoms with Gasteiger partial charge in [0, 0.05) is 32.0 Å². The number of aliphatic carboxylic acids is 1. The van der Waals surface area contributed by atoms with Crippen molar-refractivity contribution in [2.45, 2.75) is 39.0 Å². The van der Waals surface area contributed by atoms with Crippen molar-refractivity contribution in [3.63, 3.8) is 0 Å². The van der Waals surface area contributed by atoms with Crippen LogP contribution in [0.2, 0.25) is 0 Å². The summed E-state index contributed by atoms with van der Waals surface area (Å²) in [4.78, 5) is 37.1. The van der Waals surface area contributed by atoms with Gasteiger partial charge in [-0.2, -0.15) is 0 Å². The van der Waals surface area contributed by atoms with Gasteiger partial charge in [0.2, 0.25) is 5.91 Å². The molecule has 0 spiro atoms. The summed E-state index contributed by atoms with van der Waals surface area (Å²) in [6.45, 7) is 4.81. The molecule has 33 heavy (non-hydrogen) atoms. The smallest absolute Gasteiger partial charge is 0.407 e. The van der Waals surface area contributed by atoms with Crippen molar-refractivity contribution in [1.29, 1.82) is 0 Å². The first kappa shape index (κ1) is 24.3. The maximum absolute atomic E-state index is 12.3. The van der Waals surface area contributed by atoms with E-state index in [-0.39, 0.29) is 25.0 Å². The topological polar surface area (TPSA) is 95.9 Å². The van der Waals surface area contributed by atoms with Crippen molar-refractivity contribution in [3.8, 4) is 11.1 Å². The summed E-state index contributed by atoms with van der Waals surface area (Å²) in [7, 11) is 0.